The average molecular weight is 416 g/mol. The van der Waals surface area contributed by atoms with Crippen molar-refractivity contribution in [3.8, 4) is 0 Å². The van der Waals surface area contributed by atoms with Crippen molar-refractivity contribution in [1.29, 1.82) is 0 Å². The van der Waals surface area contributed by atoms with Gasteiger partial charge < -0.3 is 4.90 Å². The van der Waals surface area contributed by atoms with E-state index in [1.807, 2.05) is 17.0 Å². The molecule has 1 fully saturated rings. The van der Waals surface area contributed by atoms with Gasteiger partial charge in [-0.25, -0.2) is 12.7 Å². The smallest absolute Gasteiger partial charge is 0.226 e. The Labute approximate surface area is 173 Å². The van der Waals surface area contributed by atoms with Crippen LogP contribution in [0.3, 0.4) is 0 Å². The van der Waals surface area contributed by atoms with Crippen LogP contribution in [0.4, 0.5) is 0 Å². The maximum Gasteiger partial charge on any atom is 0.226 e. The molecular formula is C22H29N3O3S. The fraction of sp³-hybridized carbons (Fsp3) is 0.455. The van der Waals surface area contributed by atoms with Gasteiger partial charge in [0, 0.05) is 44.5 Å². The van der Waals surface area contributed by atoms with Crippen LogP contribution in [0.2, 0.25) is 0 Å². The molecule has 1 saturated heterocycles. The fourth-order valence-electron chi connectivity index (χ4n) is 3.72. The summed E-state index contributed by atoms with van der Waals surface area (Å²) >= 11 is 0. The van der Waals surface area contributed by atoms with Crippen LogP contribution in [-0.2, 0) is 34.3 Å². The van der Waals surface area contributed by atoms with Gasteiger partial charge in [0.1, 0.15) is 0 Å². The van der Waals surface area contributed by atoms with Gasteiger partial charge in [0.2, 0.25) is 15.9 Å². The Balaban J connectivity index is 1.74. The summed E-state index contributed by atoms with van der Waals surface area (Å²) in [6, 6.07) is 12.2. The second-order valence-electron chi connectivity index (χ2n) is 7.66. The number of aromatic nitrogens is 1. The summed E-state index contributed by atoms with van der Waals surface area (Å²) in [6.45, 7) is 3.96. The van der Waals surface area contributed by atoms with Gasteiger partial charge in [-0.3, -0.25) is 9.78 Å². The fourth-order valence-corrected chi connectivity index (χ4v) is 4.59. The summed E-state index contributed by atoms with van der Waals surface area (Å²) in [6.07, 6.45) is 6.84. The van der Waals surface area contributed by atoms with Crippen LogP contribution in [0.15, 0.2) is 48.8 Å². The van der Waals surface area contributed by atoms with Crippen molar-refractivity contribution < 1.29 is 13.2 Å². The van der Waals surface area contributed by atoms with Crippen molar-refractivity contribution in [2.75, 3.05) is 19.3 Å². The summed E-state index contributed by atoms with van der Waals surface area (Å²) < 4.78 is 25.0. The molecule has 1 aromatic carbocycles. The summed E-state index contributed by atoms with van der Waals surface area (Å²) in [4.78, 5) is 19.4. The highest BCUT2D eigenvalue weighted by atomic mass is 32.2. The van der Waals surface area contributed by atoms with E-state index >= 15 is 0 Å². The average Bonchev–Trinajstić information content (AvgIpc) is 2.73. The molecule has 0 N–H and O–H groups in total. The molecule has 2 heterocycles. The highest BCUT2D eigenvalue weighted by Gasteiger charge is 2.31. The van der Waals surface area contributed by atoms with Gasteiger partial charge in [-0.15, -0.1) is 0 Å². The number of nitrogens with zero attached hydrogens (tertiary/aromatic N) is 3. The number of aryl methyl sites for hydroxylation is 1. The highest BCUT2D eigenvalue weighted by molar-refractivity contribution is 7.88. The lowest BCUT2D eigenvalue weighted by Gasteiger charge is -2.33. The minimum atomic E-state index is -3.20. The van der Waals surface area contributed by atoms with Gasteiger partial charge in [-0.1, -0.05) is 37.3 Å². The summed E-state index contributed by atoms with van der Waals surface area (Å²) in [7, 11) is -3.20. The Morgan fingerprint density at radius 3 is 2.24 bits per heavy atom. The molecule has 156 valence electrons. The number of sulfonamides is 1. The molecule has 0 saturated carbocycles. The Kier molecular flexibility index (Phi) is 7.03. The molecule has 0 atom stereocenters. The monoisotopic (exact) mass is 415 g/mol. The van der Waals surface area contributed by atoms with Gasteiger partial charge >= 0.3 is 0 Å². The van der Waals surface area contributed by atoms with Crippen molar-refractivity contribution in [1.82, 2.24) is 14.2 Å². The van der Waals surface area contributed by atoms with Crippen LogP contribution in [0, 0.1) is 5.92 Å². The first-order chi connectivity index (χ1) is 13.9. The quantitative estimate of drug-likeness (QED) is 0.697. The van der Waals surface area contributed by atoms with Crippen LogP contribution in [0.5, 0.6) is 0 Å². The lowest BCUT2D eigenvalue weighted by molar-refractivity contribution is -0.138. The van der Waals surface area contributed by atoms with Crippen LogP contribution in [-0.4, -0.2) is 47.9 Å². The van der Waals surface area contributed by atoms with E-state index in [9.17, 15) is 13.2 Å². The SMILES string of the molecule is CCc1ccc(CN(Cc2cccnc2)C(=O)C2CCN(S(C)(=O)=O)CC2)cc1. The van der Waals surface area contributed by atoms with Gasteiger partial charge in [0.15, 0.2) is 0 Å². The number of hydrogen-bond donors (Lipinski definition) is 0. The molecule has 0 aliphatic carbocycles. The first-order valence-electron chi connectivity index (χ1n) is 10.1. The van der Waals surface area contributed by atoms with E-state index in [4.69, 9.17) is 0 Å². The predicted octanol–water partition coefficient (Wildman–Crippen LogP) is 2.84. The zero-order chi connectivity index (χ0) is 20.9. The molecule has 1 amide bonds. The number of hydrogen-bond acceptors (Lipinski definition) is 4. The van der Waals surface area contributed by atoms with E-state index in [-0.39, 0.29) is 11.8 Å². The molecule has 0 spiro atoms. The normalized spacial score (nSPS) is 15.9. The van der Waals surface area contributed by atoms with E-state index in [2.05, 4.69) is 36.2 Å². The molecule has 0 unspecified atom stereocenters. The Bertz CT molecular complexity index is 906. The van der Waals surface area contributed by atoms with E-state index in [0.29, 0.717) is 39.0 Å². The Morgan fingerprint density at radius 2 is 1.69 bits per heavy atom. The standard InChI is InChI=1S/C22H29N3O3S/c1-3-18-6-8-19(9-7-18)16-24(17-20-5-4-12-23-15-20)22(26)21-10-13-25(14-11-21)29(2,27)28/h4-9,12,15,21H,3,10-11,13-14,16-17H2,1-2H3. The third kappa shape index (κ3) is 5.87. The summed E-state index contributed by atoms with van der Waals surface area (Å²) in [5, 5.41) is 0. The molecule has 0 bridgehead atoms. The van der Waals surface area contributed by atoms with E-state index in [1.165, 1.54) is 16.1 Å². The number of benzene rings is 1. The molecule has 7 heteroatoms. The van der Waals surface area contributed by atoms with E-state index < -0.39 is 10.0 Å². The first-order valence-corrected chi connectivity index (χ1v) is 11.9. The van der Waals surface area contributed by atoms with Crippen molar-refractivity contribution in [3.63, 3.8) is 0 Å². The number of carbonyl (C=O) groups excluding carboxylic acids is 1. The zero-order valence-electron chi connectivity index (χ0n) is 17.1. The van der Waals surface area contributed by atoms with Crippen LogP contribution in [0.1, 0.15) is 36.5 Å². The molecule has 2 aromatic rings. The lowest BCUT2D eigenvalue weighted by atomic mass is 9.96. The number of piperidine rings is 1. The molecule has 1 aromatic heterocycles. The van der Waals surface area contributed by atoms with Crippen LogP contribution >= 0.6 is 0 Å². The highest BCUT2D eigenvalue weighted by Crippen LogP contribution is 2.23. The second kappa shape index (κ2) is 9.50. The van der Waals surface area contributed by atoms with Crippen LogP contribution < -0.4 is 0 Å². The maximum absolute atomic E-state index is 13.3. The third-order valence-corrected chi connectivity index (χ3v) is 6.79. The zero-order valence-corrected chi connectivity index (χ0v) is 17.9. The molecule has 3 rings (SSSR count). The Morgan fingerprint density at radius 1 is 1.07 bits per heavy atom. The number of amides is 1. The van der Waals surface area contributed by atoms with E-state index in [1.54, 1.807) is 12.4 Å². The number of carbonyl (C=O) groups is 1. The largest absolute Gasteiger partial charge is 0.334 e. The lowest BCUT2D eigenvalue weighted by Crippen LogP contribution is -2.43. The van der Waals surface area contributed by atoms with Crippen molar-refractivity contribution in [2.24, 2.45) is 5.92 Å². The maximum atomic E-state index is 13.3. The molecule has 0 radical (unpaired) electrons. The number of pyridine rings is 1. The topological polar surface area (TPSA) is 70.6 Å². The van der Waals surface area contributed by atoms with E-state index in [0.717, 1.165) is 17.5 Å². The van der Waals surface area contributed by atoms with Crippen molar-refractivity contribution in [3.05, 3.63) is 65.5 Å². The molecule has 6 nitrogen and oxygen atoms in total. The van der Waals surface area contributed by atoms with Gasteiger partial charge in [-0.2, -0.15) is 0 Å². The molecular weight excluding hydrogens is 386 g/mol. The predicted molar refractivity (Wildman–Crippen MR) is 113 cm³/mol. The molecule has 29 heavy (non-hydrogen) atoms. The number of rotatable bonds is 7. The minimum absolute atomic E-state index is 0.0848. The third-order valence-electron chi connectivity index (χ3n) is 5.48. The molecule has 1 aliphatic heterocycles. The van der Waals surface area contributed by atoms with Crippen molar-refractivity contribution in [2.45, 2.75) is 39.3 Å². The Hall–Kier alpha value is -2.25. The van der Waals surface area contributed by atoms with Gasteiger partial charge in [0.25, 0.3) is 0 Å². The van der Waals surface area contributed by atoms with Crippen LogP contribution in [0.25, 0.3) is 0 Å². The first kappa shape index (κ1) is 21.5. The van der Waals surface area contributed by atoms with Crippen molar-refractivity contribution >= 4 is 15.9 Å². The second-order valence-corrected chi connectivity index (χ2v) is 9.64. The summed E-state index contributed by atoms with van der Waals surface area (Å²) in [5.74, 6) is -0.0684. The van der Waals surface area contributed by atoms with Gasteiger partial charge in [-0.05, 0) is 42.0 Å². The molecule has 1 aliphatic rings. The minimum Gasteiger partial charge on any atom is -0.334 e. The van der Waals surface area contributed by atoms with Gasteiger partial charge in [0.05, 0.1) is 6.26 Å². The summed E-state index contributed by atoms with van der Waals surface area (Å²) in [5.41, 5.74) is 3.35.